The number of hydrogen-bond donors (Lipinski definition) is 0. The quantitative estimate of drug-likeness (QED) is 0.594. The third kappa shape index (κ3) is 5.09. The molecule has 26 heavy (non-hydrogen) atoms. The summed E-state index contributed by atoms with van der Waals surface area (Å²) < 4.78 is 6.11. The average molecular weight is 369 g/mol. The van der Waals surface area contributed by atoms with E-state index >= 15 is 0 Å². The highest BCUT2D eigenvalue weighted by Crippen LogP contribution is 2.34. The molecule has 138 valence electrons. The first kappa shape index (κ1) is 18.9. The zero-order chi connectivity index (χ0) is 18.2. The van der Waals surface area contributed by atoms with Crippen LogP contribution in [0.3, 0.4) is 0 Å². The van der Waals surface area contributed by atoms with Gasteiger partial charge in [0.15, 0.2) is 0 Å². The number of piperidine rings is 1. The minimum absolute atomic E-state index is 0.510. The zero-order valence-corrected chi connectivity index (χ0v) is 16.4. The van der Waals surface area contributed by atoms with Crippen molar-refractivity contribution in [1.82, 2.24) is 4.90 Å². The van der Waals surface area contributed by atoms with E-state index in [2.05, 4.69) is 34.7 Å². The van der Waals surface area contributed by atoms with Gasteiger partial charge in [0.2, 0.25) is 0 Å². The third-order valence-corrected chi connectivity index (χ3v) is 6.02. The summed E-state index contributed by atoms with van der Waals surface area (Å²) in [6.07, 6.45) is 5.10. The molecule has 2 atom stereocenters. The zero-order valence-electron chi connectivity index (χ0n) is 15.6. The van der Waals surface area contributed by atoms with Gasteiger partial charge in [0.1, 0.15) is 5.75 Å². The van der Waals surface area contributed by atoms with Crippen molar-refractivity contribution in [1.29, 1.82) is 5.26 Å². The Labute approximate surface area is 161 Å². The molecule has 1 aromatic carbocycles. The number of thiophene rings is 1. The molecule has 1 aliphatic rings. The fourth-order valence-electron chi connectivity index (χ4n) is 3.82. The Morgan fingerprint density at radius 1 is 1.23 bits per heavy atom. The largest absolute Gasteiger partial charge is 0.493 e. The monoisotopic (exact) mass is 368 g/mol. The van der Waals surface area contributed by atoms with E-state index < -0.39 is 0 Å². The highest BCUT2D eigenvalue weighted by atomic mass is 32.1. The maximum absolute atomic E-state index is 8.93. The summed E-state index contributed by atoms with van der Waals surface area (Å²) >= 11 is 1.79. The van der Waals surface area contributed by atoms with Gasteiger partial charge in [-0.25, -0.2) is 0 Å². The summed E-state index contributed by atoms with van der Waals surface area (Å²) in [5.74, 6) is 1.95. The van der Waals surface area contributed by atoms with Crippen molar-refractivity contribution in [2.75, 3.05) is 26.2 Å². The van der Waals surface area contributed by atoms with E-state index in [1.807, 2.05) is 24.3 Å². The summed E-state index contributed by atoms with van der Waals surface area (Å²) in [7, 11) is 0. The normalized spacial score (nSPS) is 20.6. The molecule has 2 aromatic rings. The number of ether oxygens (including phenoxy) is 1. The lowest BCUT2D eigenvalue weighted by Gasteiger charge is -2.38. The van der Waals surface area contributed by atoms with Crippen LogP contribution in [-0.4, -0.2) is 31.1 Å². The predicted octanol–water partition coefficient (Wildman–Crippen LogP) is 5.29. The van der Waals surface area contributed by atoms with E-state index in [1.165, 1.54) is 44.3 Å². The molecule has 1 saturated heterocycles. The molecule has 0 radical (unpaired) electrons. The first-order chi connectivity index (χ1) is 12.8. The van der Waals surface area contributed by atoms with Crippen molar-refractivity contribution in [2.45, 2.75) is 38.5 Å². The van der Waals surface area contributed by atoms with Crippen LogP contribution in [0, 0.1) is 17.2 Å². The van der Waals surface area contributed by atoms with Crippen LogP contribution < -0.4 is 4.74 Å². The van der Waals surface area contributed by atoms with Crippen LogP contribution in [0.25, 0.3) is 0 Å². The Bertz CT molecular complexity index is 690. The molecule has 0 N–H and O–H groups in total. The second kappa shape index (κ2) is 9.75. The van der Waals surface area contributed by atoms with Crippen LogP contribution in [-0.2, 0) is 0 Å². The van der Waals surface area contributed by atoms with Crippen molar-refractivity contribution < 1.29 is 4.74 Å². The summed E-state index contributed by atoms with van der Waals surface area (Å²) in [4.78, 5) is 2.62. The van der Waals surface area contributed by atoms with E-state index in [4.69, 9.17) is 10.00 Å². The van der Waals surface area contributed by atoms with E-state index in [0.717, 1.165) is 18.9 Å². The smallest absolute Gasteiger partial charge is 0.119 e. The van der Waals surface area contributed by atoms with E-state index in [0.29, 0.717) is 17.4 Å². The van der Waals surface area contributed by atoms with Gasteiger partial charge in [-0.2, -0.15) is 16.6 Å². The standard InChI is InChI=1S/C22H28N2OS/c1-2-3-4-11-24-12-9-22(19-10-13-26-17-19)20(15-24)16-25-21-7-5-18(14-23)6-8-21/h5-8,10,13,17,20,22H,2-4,9,11-12,15-16H2,1H3/t20-,22-/m1/s1. The fourth-order valence-corrected chi connectivity index (χ4v) is 4.54. The minimum Gasteiger partial charge on any atom is -0.493 e. The van der Waals surface area contributed by atoms with Gasteiger partial charge >= 0.3 is 0 Å². The second-order valence-corrected chi connectivity index (χ2v) is 7.95. The van der Waals surface area contributed by atoms with Gasteiger partial charge in [-0.15, -0.1) is 0 Å². The Kier molecular flexibility index (Phi) is 7.11. The van der Waals surface area contributed by atoms with Crippen molar-refractivity contribution in [3.8, 4) is 11.8 Å². The first-order valence-electron chi connectivity index (χ1n) is 9.67. The Balaban J connectivity index is 1.62. The number of benzene rings is 1. The average Bonchev–Trinajstić information content (AvgIpc) is 3.21. The van der Waals surface area contributed by atoms with Crippen molar-refractivity contribution >= 4 is 11.3 Å². The topological polar surface area (TPSA) is 36.3 Å². The molecule has 3 nitrogen and oxygen atoms in total. The van der Waals surface area contributed by atoms with Crippen molar-refractivity contribution in [3.05, 3.63) is 52.2 Å². The summed E-state index contributed by atoms with van der Waals surface area (Å²) in [6, 6.07) is 11.9. The van der Waals surface area contributed by atoms with Crippen LogP contribution in [0.1, 0.15) is 49.7 Å². The molecular weight excluding hydrogens is 340 g/mol. The lowest BCUT2D eigenvalue weighted by molar-refractivity contribution is 0.110. The lowest BCUT2D eigenvalue weighted by atomic mass is 9.82. The SMILES string of the molecule is CCCCCN1CC[C@H](c2ccsc2)[C@@H](COc2ccc(C#N)cc2)C1. The van der Waals surface area contributed by atoms with Crippen LogP contribution in [0.4, 0.5) is 0 Å². The van der Waals surface area contributed by atoms with Crippen LogP contribution >= 0.6 is 11.3 Å². The Morgan fingerprint density at radius 2 is 2.08 bits per heavy atom. The number of likely N-dealkylation sites (tertiary alicyclic amines) is 1. The molecule has 0 spiro atoms. The maximum atomic E-state index is 8.93. The maximum Gasteiger partial charge on any atom is 0.119 e. The number of nitriles is 1. The van der Waals surface area contributed by atoms with Gasteiger partial charge in [-0.3, -0.25) is 0 Å². The summed E-state index contributed by atoms with van der Waals surface area (Å²) in [5, 5.41) is 13.4. The minimum atomic E-state index is 0.510. The molecule has 0 amide bonds. The lowest BCUT2D eigenvalue weighted by Crippen LogP contribution is -2.42. The summed E-state index contributed by atoms with van der Waals surface area (Å²) in [5.41, 5.74) is 2.14. The third-order valence-electron chi connectivity index (χ3n) is 5.31. The van der Waals surface area contributed by atoms with Crippen molar-refractivity contribution in [3.63, 3.8) is 0 Å². The van der Waals surface area contributed by atoms with Gasteiger partial charge in [-0.05, 0) is 78.5 Å². The van der Waals surface area contributed by atoms with Gasteiger partial charge in [0.05, 0.1) is 18.2 Å². The molecule has 0 saturated carbocycles. The number of rotatable bonds is 8. The number of unbranched alkanes of at least 4 members (excludes halogenated alkanes) is 2. The highest BCUT2D eigenvalue weighted by molar-refractivity contribution is 7.07. The molecule has 0 unspecified atom stereocenters. The first-order valence-corrected chi connectivity index (χ1v) is 10.6. The molecule has 4 heteroatoms. The predicted molar refractivity (Wildman–Crippen MR) is 108 cm³/mol. The Hall–Kier alpha value is -1.83. The van der Waals surface area contributed by atoms with Gasteiger partial charge < -0.3 is 9.64 Å². The van der Waals surface area contributed by atoms with Crippen LogP contribution in [0.5, 0.6) is 5.75 Å². The molecule has 3 rings (SSSR count). The molecule has 1 fully saturated rings. The van der Waals surface area contributed by atoms with Gasteiger partial charge in [0.25, 0.3) is 0 Å². The van der Waals surface area contributed by atoms with E-state index in [-0.39, 0.29) is 0 Å². The van der Waals surface area contributed by atoms with E-state index in [1.54, 1.807) is 11.3 Å². The van der Waals surface area contributed by atoms with E-state index in [9.17, 15) is 0 Å². The molecule has 0 bridgehead atoms. The number of hydrogen-bond acceptors (Lipinski definition) is 4. The second-order valence-electron chi connectivity index (χ2n) is 7.17. The molecule has 1 aliphatic heterocycles. The Morgan fingerprint density at radius 3 is 2.77 bits per heavy atom. The molecular formula is C22H28N2OS. The van der Waals surface area contributed by atoms with Gasteiger partial charge in [-0.1, -0.05) is 19.8 Å². The van der Waals surface area contributed by atoms with Crippen LogP contribution in [0.15, 0.2) is 41.1 Å². The van der Waals surface area contributed by atoms with Gasteiger partial charge in [0, 0.05) is 12.5 Å². The van der Waals surface area contributed by atoms with Crippen molar-refractivity contribution in [2.24, 2.45) is 5.92 Å². The molecule has 2 heterocycles. The fraction of sp³-hybridized carbons (Fsp3) is 0.500. The van der Waals surface area contributed by atoms with Crippen LogP contribution in [0.2, 0.25) is 0 Å². The number of nitrogens with zero attached hydrogens (tertiary/aromatic N) is 2. The molecule has 0 aliphatic carbocycles. The highest BCUT2D eigenvalue weighted by Gasteiger charge is 2.31. The molecule has 1 aromatic heterocycles. The summed E-state index contributed by atoms with van der Waals surface area (Å²) in [6.45, 7) is 6.50.